The van der Waals surface area contributed by atoms with E-state index in [1.54, 1.807) is 0 Å². The van der Waals surface area contributed by atoms with Crippen LogP contribution in [0.2, 0.25) is 0 Å². The number of rotatable bonds is 2. The molecule has 0 aromatic rings. The van der Waals surface area contributed by atoms with Gasteiger partial charge in [0.15, 0.2) is 15.9 Å². The van der Waals surface area contributed by atoms with E-state index in [4.69, 9.17) is 4.84 Å². The second-order valence-corrected chi connectivity index (χ2v) is 8.69. The summed E-state index contributed by atoms with van der Waals surface area (Å²) < 4.78 is 23.2. The zero-order valence-electron chi connectivity index (χ0n) is 11.9. The number of nitrogens with zero attached hydrogens (tertiary/aromatic N) is 2. The predicted molar refractivity (Wildman–Crippen MR) is 69.2 cm³/mol. The van der Waals surface area contributed by atoms with Crippen LogP contribution in [-0.4, -0.2) is 58.2 Å². The van der Waals surface area contributed by atoms with Gasteiger partial charge in [0.25, 0.3) is 11.8 Å². The molecule has 9 nitrogen and oxygen atoms in total. The number of hydrogen-bond acceptors (Lipinski definition) is 7. The minimum atomic E-state index is -3.74. The van der Waals surface area contributed by atoms with Crippen molar-refractivity contribution < 1.29 is 32.4 Å². The zero-order valence-corrected chi connectivity index (χ0v) is 12.8. The van der Waals surface area contributed by atoms with Crippen LogP contribution in [0.1, 0.15) is 33.1 Å². The quantitative estimate of drug-likeness (QED) is 0.457. The van der Waals surface area contributed by atoms with E-state index < -0.39 is 49.7 Å². The monoisotopic (exact) mass is 330 g/mol. The van der Waals surface area contributed by atoms with Crippen LogP contribution < -0.4 is 0 Å². The van der Waals surface area contributed by atoms with E-state index in [2.05, 4.69) is 0 Å². The van der Waals surface area contributed by atoms with Gasteiger partial charge < -0.3 is 9.74 Å². The van der Waals surface area contributed by atoms with E-state index in [0.717, 1.165) is 4.90 Å². The van der Waals surface area contributed by atoms with Crippen LogP contribution in [0.15, 0.2) is 0 Å². The third-order valence-corrected chi connectivity index (χ3v) is 7.19. The topological polar surface area (TPSA) is 118 Å². The summed E-state index contributed by atoms with van der Waals surface area (Å²) >= 11 is 0. The summed E-state index contributed by atoms with van der Waals surface area (Å²) in [5.41, 5.74) is 0. The van der Waals surface area contributed by atoms with Gasteiger partial charge in [-0.15, -0.1) is 5.06 Å². The molecule has 0 aromatic heterocycles. The maximum atomic E-state index is 12.4. The lowest BCUT2D eigenvalue weighted by Gasteiger charge is -2.36. The first-order valence-electron chi connectivity index (χ1n) is 6.71. The summed E-state index contributed by atoms with van der Waals surface area (Å²) in [4.78, 5) is 52.7. The highest BCUT2D eigenvalue weighted by Crippen LogP contribution is 2.46. The standard InChI is InChI=1S/C12H14N2O7S/c1-12(2)10(13-8(17)5-9(13)22(12,19)20)11(18)21-14-6(15)3-4-7(14)16/h9-10H,3-5H2,1-2H3/t9-,10-/m1/s1. The third kappa shape index (κ3) is 1.67. The molecule has 3 saturated heterocycles. The van der Waals surface area contributed by atoms with Crippen LogP contribution >= 0.6 is 0 Å². The predicted octanol–water partition coefficient (Wildman–Crippen LogP) is -1.27. The minimum absolute atomic E-state index is 0.0657. The van der Waals surface area contributed by atoms with Gasteiger partial charge in [-0.3, -0.25) is 14.4 Å². The van der Waals surface area contributed by atoms with Crippen molar-refractivity contribution in [1.29, 1.82) is 0 Å². The molecule has 0 N–H and O–H groups in total. The molecule has 22 heavy (non-hydrogen) atoms. The number of β-lactam (4-membered cyclic amide) rings is 1. The van der Waals surface area contributed by atoms with Gasteiger partial charge in [-0.2, -0.15) is 0 Å². The van der Waals surface area contributed by atoms with Crippen LogP contribution in [-0.2, 0) is 33.9 Å². The number of fused-ring (bicyclic) bond motifs is 1. The van der Waals surface area contributed by atoms with Crippen molar-refractivity contribution in [2.24, 2.45) is 0 Å². The van der Waals surface area contributed by atoms with Crippen molar-refractivity contribution in [3.63, 3.8) is 0 Å². The van der Waals surface area contributed by atoms with E-state index in [-0.39, 0.29) is 19.3 Å². The molecule has 3 aliphatic rings. The average molecular weight is 330 g/mol. The lowest BCUT2D eigenvalue weighted by atomic mass is 9.98. The van der Waals surface area contributed by atoms with Crippen LogP contribution in [0.25, 0.3) is 0 Å². The molecule has 2 atom stereocenters. The molecule has 0 aliphatic carbocycles. The van der Waals surface area contributed by atoms with Crippen molar-refractivity contribution in [3.8, 4) is 0 Å². The van der Waals surface area contributed by atoms with Crippen molar-refractivity contribution in [3.05, 3.63) is 0 Å². The molecular formula is C12H14N2O7S. The van der Waals surface area contributed by atoms with Gasteiger partial charge in [-0.25, -0.2) is 13.2 Å². The fourth-order valence-corrected chi connectivity index (χ4v) is 5.13. The largest absolute Gasteiger partial charge is 0.357 e. The Morgan fingerprint density at radius 2 is 1.68 bits per heavy atom. The van der Waals surface area contributed by atoms with Crippen molar-refractivity contribution in [2.45, 2.75) is 49.3 Å². The fourth-order valence-electron chi connectivity index (χ4n) is 3.01. The normalized spacial score (nSPS) is 32.0. The van der Waals surface area contributed by atoms with E-state index in [0.29, 0.717) is 5.06 Å². The summed E-state index contributed by atoms with van der Waals surface area (Å²) in [6, 6.07) is -1.37. The number of imide groups is 1. The molecule has 3 fully saturated rings. The Morgan fingerprint density at radius 3 is 2.18 bits per heavy atom. The number of hydroxylamine groups is 2. The third-order valence-electron chi connectivity index (χ3n) is 4.39. The van der Waals surface area contributed by atoms with Gasteiger partial charge >= 0.3 is 5.97 Å². The van der Waals surface area contributed by atoms with E-state index in [1.807, 2.05) is 0 Å². The summed E-state index contributed by atoms with van der Waals surface area (Å²) in [6.45, 7) is 2.65. The lowest BCUT2D eigenvalue weighted by Crippen LogP contribution is -2.58. The summed E-state index contributed by atoms with van der Waals surface area (Å²) in [5.74, 6) is -2.89. The molecule has 0 saturated carbocycles. The number of amides is 3. The molecule has 3 heterocycles. The molecule has 0 spiro atoms. The lowest BCUT2D eigenvalue weighted by molar-refractivity contribution is -0.203. The zero-order chi connectivity index (χ0) is 16.4. The first kappa shape index (κ1) is 14.9. The Kier molecular flexibility index (Phi) is 2.91. The highest BCUT2D eigenvalue weighted by Gasteiger charge is 2.68. The van der Waals surface area contributed by atoms with Crippen LogP contribution in [0, 0.1) is 0 Å². The van der Waals surface area contributed by atoms with E-state index in [1.165, 1.54) is 13.8 Å². The highest BCUT2D eigenvalue weighted by molar-refractivity contribution is 7.93. The molecule has 10 heteroatoms. The Hall–Kier alpha value is -1.97. The first-order chi connectivity index (χ1) is 10.1. The first-order valence-corrected chi connectivity index (χ1v) is 8.26. The van der Waals surface area contributed by atoms with Gasteiger partial charge in [-0.05, 0) is 13.8 Å². The van der Waals surface area contributed by atoms with Gasteiger partial charge in [0.05, 0.1) is 6.42 Å². The van der Waals surface area contributed by atoms with Crippen molar-refractivity contribution in [1.82, 2.24) is 9.96 Å². The molecule has 0 radical (unpaired) electrons. The Balaban J connectivity index is 1.90. The van der Waals surface area contributed by atoms with Gasteiger partial charge in [0.1, 0.15) is 10.1 Å². The van der Waals surface area contributed by atoms with Gasteiger partial charge in [0.2, 0.25) is 5.91 Å². The minimum Gasteiger partial charge on any atom is -0.328 e. The Bertz CT molecular complexity index is 695. The van der Waals surface area contributed by atoms with E-state index in [9.17, 15) is 27.6 Å². The maximum absolute atomic E-state index is 12.4. The SMILES string of the molecule is CC1(C)[C@@H](C(=O)ON2C(=O)CCC2=O)N2C(=O)C[C@H]2S1(=O)=O. The van der Waals surface area contributed by atoms with Crippen molar-refractivity contribution in [2.75, 3.05) is 0 Å². The van der Waals surface area contributed by atoms with Crippen LogP contribution in [0.3, 0.4) is 0 Å². The fraction of sp³-hybridized carbons (Fsp3) is 0.667. The number of carbonyl (C=O) groups is 4. The second kappa shape index (κ2) is 4.28. The van der Waals surface area contributed by atoms with E-state index >= 15 is 0 Å². The molecule has 3 amide bonds. The maximum Gasteiger partial charge on any atom is 0.357 e. The van der Waals surface area contributed by atoms with Crippen LogP contribution in [0.4, 0.5) is 0 Å². The van der Waals surface area contributed by atoms with Crippen molar-refractivity contribution >= 4 is 33.5 Å². The van der Waals surface area contributed by atoms with Crippen LogP contribution in [0.5, 0.6) is 0 Å². The number of hydrogen-bond donors (Lipinski definition) is 0. The second-order valence-electron chi connectivity index (χ2n) is 6.00. The molecule has 120 valence electrons. The summed E-state index contributed by atoms with van der Waals surface area (Å²) in [6.07, 6.45) is -0.301. The average Bonchev–Trinajstić information content (AvgIpc) is 2.77. The summed E-state index contributed by atoms with van der Waals surface area (Å²) in [5, 5.41) is -0.694. The molecule has 3 aliphatic heterocycles. The molecule has 3 rings (SSSR count). The highest BCUT2D eigenvalue weighted by atomic mass is 32.2. The Labute approximate surface area is 126 Å². The van der Waals surface area contributed by atoms with Gasteiger partial charge in [-0.1, -0.05) is 0 Å². The molecule has 0 bridgehead atoms. The Morgan fingerprint density at radius 1 is 1.14 bits per heavy atom. The number of sulfone groups is 1. The molecular weight excluding hydrogens is 316 g/mol. The summed E-state index contributed by atoms with van der Waals surface area (Å²) in [7, 11) is -3.74. The molecule has 0 aromatic carbocycles. The van der Waals surface area contributed by atoms with Gasteiger partial charge in [0, 0.05) is 12.8 Å². The number of carbonyl (C=O) groups excluding carboxylic acids is 4. The smallest absolute Gasteiger partial charge is 0.328 e. The molecule has 0 unspecified atom stereocenters.